The second-order valence-electron chi connectivity index (χ2n) is 7.64. The van der Waals surface area contributed by atoms with Crippen LogP contribution in [0.2, 0.25) is 5.02 Å². The Balaban J connectivity index is 1.57. The van der Waals surface area contributed by atoms with E-state index in [0.29, 0.717) is 41.8 Å². The van der Waals surface area contributed by atoms with Crippen molar-refractivity contribution in [2.75, 3.05) is 38.7 Å². The van der Waals surface area contributed by atoms with Crippen LogP contribution in [-0.2, 0) is 11.3 Å². The predicted molar refractivity (Wildman–Crippen MR) is 122 cm³/mol. The molecule has 3 rings (SSSR count). The van der Waals surface area contributed by atoms with Crippen molar-refractivity contribution in [3.63, 3.8) is 0 Å². The number of carbonyl (C=O) groups excluding carboxylic acids is 2. The molecule has 0 aromatic heterocycles. The summed E-state index contributed by atoms with van der Waals surface area (Å²) in [6.45, 7) is 3.23. The quantitative estimate of drug-likeness (QED) is 0.597. The lowest BCUT2D eigenvalue weighted by atomic mass is 10.2. The van der Waals surface area contributed by atoms with Gasteiger partial charge in [0.2, 0.25) is 5.91 Å². The van der Waals surface area contributed by atoms with E-state index in [1.54, 1.807) is 40.1 Å². The summed E-state index contributed by atoms with van der Waals surface area (Å²) >= 11 is 5.93. The van der Waals surface area contributed by atoms with Gasteiger partial charge in [-0.05, 0) is 36.2 Å². The number of benzene rings is 2. The molecule has 0 saturated carbocycles. The molecule has 0 aliphatic carbocycles. The Labute approximate surface area is 192 Å². The van der Waals surface area contributed by atoms with Crippen LogP contribution in [0.15, 0.2) is 42.5 Å². The number of ether oxygens (including phenoxy) is 2. The number of anilines is 1. The molecule has 172 valence electrons. The van der Waals surface area contributed by atoms with Gasteiger partial charge in [0.1, 0.15) is 24.2 Å². The molecule has 9 heteroatoms. The highest BCUT2D eigenvalue weighted by Gasteiger charge is 2.27. The van der Waals surface area contributed by atoms with E-state index in [-0.39, 0.29) is 25.1 Å². The molecule has 1 atom stereocenters. The van der Waals surface area contributed by atoms with Crippen LogP contribution in [0.3, 0.4) is 0 Å². The Kier molecular flexibility index (Phi) is 8.19. The van der Waals surface area contributed by atoms with Crippen molar-refractivity contribution in [1.82, 2.24) is 9.80 Å². The molecule has 2 aromatic rings. The molecule has 0 bridgehead atoms. The third-order valence-corrected chi connectivity index (χ3v) is 5.30. The summed E-state index contributed by atoms with van der Waals surface area (Å²) in [5, 5.41) is 13.9. The van der Waals surface area contributed by atoms with Crippen molar-refractivity contribution in [3.8, 4) is 11.5 Å². The Hall–Kier alpha value is -2.97. The highest BCUT2D eigenvalue weighted by atomic mass is 35.5. The van der Waals surface area contributed by atoms with Crippen LogP contribution in [0.5, 0.6) is 11.5 Å². The number of rotatable bonds is 9. The maximum Gasteiger partial charge on any atom is 0.320 e. The molecule has 2 aromatic carbocycles. The summed E-state index contributed by atoms with van der Waals surface area (Å²) in [6, 6.07) is 12.3. The molecule has 2 N–H and O–H groups in total. The first-order valence-electron chi connectivity index (χ1n) is 10.4. The standard InChI is InChI=1S/C23H28ClN3O5/c1-16(28)25-21-9-8-20(31-2)12-22(21)32-15-19(29)14-27-11-3-10-26(23(27)30)13-17-4-6-18(24)7-5-17/h4-9,12,19,29H,3,10-11,13-15H2,1-2H3,(H,25,28). The predicted octanol–water partition coefficient (Wildman–Crippen LogP) is 3.37. The lowest BCUT2D eigenvalue weighted by molar-refractivity contribution is -0.114. The zero-order valence-corrected chi connectivity index (χ0v) is 19.0. The second kappa shape index (κ2) is 11.1. The van der Waals surface area contributed by atoms with E-state index in [1.165, 1.54) is 14.0 Å². The number of halogens is 1. The number of methoxy groups -OCH3 is 1. The van der Waals surface area contributed by atoms with Gasteiger partial charge in [0.05, 0.1) is 19.3 Å². The van der Waals surface area contributed by atoms with Gasteiger partial charge in [0.15, 0.2) is 0 Å². The number of carbonyl (C=O) groups is 2. The minimum atomic E-state index is -0.897. The fourth-order valence-corrected chi connectivity index (χ4v) is 3.63. The normalized spacial score (nSPS) is 14.8. The molecule has 8 nitrogen and oxygen atoms in total. The Morgan fingerprint density at radius 3 is 2.59 bits per heavy atom. The topological polar surface area (TPSA) is 91.3 Å². The molecule has 32 heavy (non-hydrogen) atoms. The van der Waals surface area contributed by atoms with Crippen molar-refractivity contribution >= 4 is 29.2 Å². The number of β-amino-alcohol motifs (C(OH)–C–C–N with tert-alkyl or cyclic N) is 1. The number of amides is 3. The minimum absolute atomic E-state index is 0.0410. The van der Waals surface area contributed by atoms with Gasteiger partial charge in [-0.1, -0.05) is 23.7 Å². The van der Waals surface area contributed by atoms with Gasteiger partial charge >= 0.3 is 6.03 Å². The molecule has 1 unspecified atom stereocenters. The van der Waals surface area contributed by atoms with Gasteiger partial charge < -0.3 is 29.7 Å². The van der Waals surface area contributed by atoms with Crippen LogP contribution in [0, 0.1) is 0 Å². The lowest BCUT2D eigenvalue weighted by Crippen LogP contribution is -2.51. The Morgan fingerprint density at radius 1 is 1.19 bits per heavy atom. The molecule has 1 saturated heterocycles. The number of hydrogen-bond donors (Lipinski definition) is 2. The molecule has 1 heterocycles. The van der Waals surface area contributed by atoms with Crippen LogP contribution in [0.1, 0.15) is 18.9 Å². The van der Waals surface area contributed by atoms with Gasteiger partial charge in [0.25, 0.3) is 0 Å². The molecule has 0 spiro atoms. The van der Waals surface area contributed by atoms with Crippen LogP contribution >= 0.6 is 11.6 Å². The van der Waals surface area contributed by atoms with E-state index >= 15 is 0 Å². The average molecular weight is 462 g/mol. The SMILES string of the molecule is COc1ccc(NC(C)=O)c(OCC(O)CN2CCCN(Cc3ccc(Cl)cc3)C2=O)c1. The molecular formula is C23H28ClN3O5. The van der Waals surface area contributed by atoms with Gasteiger partial charge in [-0.2, -0.15) is 0 Å². The van der Waals surface area contributed by atoms with Crippen LogP contribution < -0.4 is 14.8 Å². The van der Waals surface area contributed by atoms with Crippen LogP contribution in [0.4, 0.5) is 10.5 Å². The monoisotopic (exact) mass is 461 g/mol. The fraction of sp³-hybridized carbons (Fsp3) is 0.391. The average Bonchev–Trinajstić information content (AvgIpc) is 2.77. The first kappa shape index (κ1) is 23.7. The van der Waals surface area contributed by atoms with Gasteiger partial charge in [-0.15, -0.1) is 0 Å². The van der Waals surface area contributed by atoms with E-state index in [1.807, 2.05) is 12.1 Å². The number of urea groups is 1. The van der Waals surface area contributed by atoms with E-state index in [4.69, 9.17) is 21.1 Å². The fourth-order valence-electron chi connectivity index (χ4n) is 3.51. The number of aliphatic hydroxyl groups excluding tert-OH is 1. The summed E-state index contributed by atoms with van der Waals surface area (Å²) < 4.78 is 10.9. The second-order valence-corrected chi connectivity index (χ2v) is 8.07. The first-order valence-corrected chi connectivity index (χ1v) is 10.8. The highest BCUT2D eigenvalue weighted by Crippen LogP contribution is 2.29. The highest BCUT2D eigenvalue weighted by molar-refractivity contribution is 6.30. The van der Waals surface area contributed by atoms with E-state index in [9.17, 15) is 14.7 Å². The minimum Gasteiger partial charge on any atom is -0.497 e. The molecule has 1 fully saturated rings. The number of nitrogens with zero attached hydrogens (tertiary/aromatic N) is 2. The molecule has 3 amide bonds. The molecule has 1 aliphatic heterocycles. The van der Waals surface area contributed by atoms with Crippen LogP contribution in [-0.4, -0.2) is 66.3 Å². The number of aliphatic hydroxyl groups is 1. The van der Waals surface area contributed by atoms with Gasteiger partial charge in [0, 0.05) is 37.6 Å². The summed E-state index contributed by atoms with van der Waals surface area (Å²) in [6.07, 6.45) is -0.0824. The third kappa shape index (κ3) is 6.51. The number of nitrogens with one attached hydrogen (secondary N) is 1. The van der Waals surface area contributed by atoms with E-state index in [0.717, 1.165) is 12.0 Å². The van der Waals surface area contributed by atoms with Crippen molar-refractivity contribution < 1.29 is 24.2 Å². The zero-order valence-electron chi connectivity index (χ0n) is 18.2. The van der Waals surface area contributed by atoms with E-state index in [2.05, 4.69) is 5.32 Å². The zero-order chi connectivity index (χ0) is 23.1. The first-order chi connectivity index (χ1) is 15.4. The molecular weight excluding hydrogens is 434 g/mol. The smallest absolute Gasteiger partial charge is 0.320 e. The summed E-state index contributed by atoms with van der Waals surface area (Å²) in [5.41, 5.74) is 1.48. The number of hydrogen-bond acceptors (Lipinski definition) is 5. The third-order valence-electron chi connectivity index (χ3n) is 5.05. The van der Waals surface area contributed by atoms with Crippen molar-refractivity contribution in [1.29, 1.82) is 0 Å². The van der Waals surface area contributed by atoms with Crippen molar-refractivity contribution in [2.24, 2.45) is 0 Å². The lowest BCUT2D eigenvalue weighted by Gasteiger charge is -2.36. The Bertz CT molecular complexity index is 938. The van der Waals surface area contributed by atoms with Crippen molar-refractivity contribution in [2.45, 2.75) is 26.0 Å². The summed E-state index contributed by atoms with van der Waals surface area (Å²) in [4.78, 5) is 27.7. The maximum absolute atomic E-state index is 12.9. The molecule has 0 radical (unpaired) electrons. The largest absolute Gasteiger partial charge is 0.497 e. The van der Waals surface area contributed by atoms with Crippen LogP contribution in [0.25, 0.3) is 0 Å². The van der Waals surface area contributed by atoms with Gasteiger partial charge in [-0.25, -0.2) is 4.79 Å². The van der Waals surface area contributed by atoms with E-state index < -0.39 is 6.10 Å². The van der Waals surface area contributed by atoms with Gasteiger partial charge in [-0.3, -0.25) is 4.79 Å². The maximum atomic E-state index is 12.9. The van der Waals surface area contributed by atoms with Crippen molar-refractivity contribution in [3.05, 3.63) is 53.1 Å². The summed E-state index contributed by atoms with van der Waals surface area (Å²) in [5.74, 6) is 0.709. The molecule has 1 aliphatic rings. The summed E-state index contributed by atoms with van der Waals surface area (Å²) in [7, 11) is 1.53. The Morgan fingerprint density at radius 2 is 1.91 bits per heavy atom.